The van der Waals surface area contributed by atoms with Gasteiger partial charge in [-0.25, -0.2) is 4.98 Å². The fraction of sp³-hybridized carbons (Fsp3) is 0.400. The lowest BCUT2D eigenvalue weighted by molar-refractivity contribution is -0.142. The second-order valence-corrected chi connectivity index (χ2v) is 12.9. The molecule has 7 nitrogen and oxygen atoms in total. The predicted molar refractivity (Wildman–Crippen MR) is 158 cm³/mol. The van der Waals surface area contributed by atoms with E-state index in [0.717, 1.165) is 32.6 Å². The van der Waals surface area contributed by atoms with Crippen molar-refractivity contribution in [2.45, 2.75) is 65.6 Å². The Morgan fingerprint density at radius 2 is 1.82 bits per heavy atom. The van der Waals surface area contributed by atoms with Gasteiger partial charge in [-0.2, -0.15) is 0 Å². The first kappa shape index (κ1) is 29.0. The van der Waals surface area contributed by atoms with Crippen molar-refractivity contribution in [3.05, 3.63) is 75.3 Å². The molecule has 39 heavy (non-hydrogen) atoms. The number of likely N-dealkylation sites (tertiary alicyclic amines) is 1. The number of thiazole rings is 1. The number of benzene rings is 2. The summed E-state index contributed by atoms with van der Waals surface area (Å²) in [5.74, 6) is -0.738. The number of aromatic nitrogens is 1. The number of nitrogens with one attached hydrogen (secondary N) is 2. The highest BCUT2D eigenvalue weighted by Gasteiger charge is 2.42. The molecule has 0 aliphatic carbocycles. The Hall–Kier alpha value is -3.04. The minimum atomic E-state index is -0.780. The standard InChI is InChI=1S/C30H35BrN4O3S/c1-18(20-11-13-21(14-12-20)25-19(2)32-17-39-25)33-28(37)24-10-7-15-35(24)29(38)26(30(3,4)5)34-27(36)22-8-6-9-23(31)16-22/h6,8-9,11-14,16-18,24,26H,7,10,15H2,1-5H3,(H,33,37)(H,34,36)/t18-,24-,26?/m0/s1. The largest absolute Gasteiger partial charge is 0.348 e. The first-order chi connectivity index (χ1) is 18.5. The van der Waals surface area contributed by atoms with Crippen LogP contribution < -0.4 is 10.6 Å². The zero-order valence-corrected chi connectivity index (χ0v) is 25.4. The number of rotatable bonds is 7. The number of amides is 3. The molecular weight excluding hydrogens is 576 g/mol. The van der Waals surface area contributed by atoms with Gasteiger partial charge in [-0.1, -0.05) is 67.0 Å². The molecule has 1 unspecified atom stereocenters. The summed E-state index contributed by atoms with van der Waals surface area (Å²) in [6, 6.07) is 13.6. The van der Waals surface area contributed by atoms with Crippen LogP contribution in [-0.2, 0) is 9.59 Å². The number of hydrogen-bond acceptors (Lipinski definition) is 5. The Balaban J connectivity index is 1.44. The topological polar surface area (TPSA) is 91.4 Å². The summed E-state index contributed by atoms with van der Waals surface area (Å²) >= 11 is 5.00. The average molecular weight is 612 g/mol. The zero-order valence-electron chi connectivity index (χ0n) is 23.0. The molecule has 3 amide bonds. The van der Waals surface area contributed by atoms with E-state index in [4.69, 9.17) is 0 Å². The van der Waals surface area contributed by atoms with Crippen LogP contribution in [0.5, 0.6) is 0 Å². The highest BCUT2D eigenvalue weighted by atomic mass is 79.9. The van der Waals surface area contributed by atoms with Crippen LogP contribution in [0.15, 0.2) is 58.5 Å². The second kappa shape index (κ2) is 12.0. The first-order valence-corrected chi connectivity index (χ1v) is 14.8. The maximum absolute atomic E-state index is 13.8. The number of aryl methyl sites for hydroxylation is 1. The van der Waals surface area contributed by atoms with Crippen LogP contribution in [0.2, 0.25) is 0 Å². The van der Waals surface area contributed by atoms with E-state index in [0.29, 0.717) is 18.5 Å². The molecule has 1 aliphatic rings. The van der Waals surface area contributed by atoms with Crippen molar-refractivity contribution < 1.29 is 14.4 Å². The van der Waals surface area contributed by atoms with Crippen LogP contribution in [-0.4, -0.2) is 46.2 Å². The van der Waals surface area contributed by atoms with Gasteiger partial charge < -0.3 is 15.5 Å². The van der Waals surface area contributed by atoms with Gasteiger partial charge in [0.1, 0.15) is 12.1 Å². The van der Waals surface area contributed by atoms with Crippen molar-refractivity contribution in [1.29, 1.82) is 0 Å². The molecule has 0 spiro atoms. The number of halogens is 1. The molecule has 1 aromatic heterocycles. The summed E-state index contributed by atoms with van der Waals surface area (Å²) in [6.45, 7) is 10.2. The van der Waals surface area contributed by atoms with Gasteiger partial charge in [-0.3, -0.25) is 14.4 Å². The summed E-state index contributed by atoms with van der Waals surface area (Å²) in [5, 5.41) is 6.04. The summed E-state index contributed by atoms with van der Waals surface area (Å²) in [5.41, 5.74) is 4.84. The Morgan fingerprint density at radius 1 is 1.10 bits per heavy atom. The fourth-order valence-corrected chi connectivity index (χ4v) is 6.07. The molecule has 0 radical (unpaired) electrons. The molecule has 206 valence electrons. The van der Waals surface area contributed by atoms with Crippen molar-refractivity contribution in [2.24, 2.45) is 5.41 Å². The molecule has 1 aliphatic heterocycles. The van der Waals surface area contributed by atoms with E-state index in [1.54, 1.807) is 34.4 Å². The third-order valence-electron chi connectivity index (χ3n) is 7.09. The van der Waals surface area contributed by atoms with E-state index < -0.39 is 17.5 Å². The van der Waals surface area contributed by atoms with E-state index in [1.165, 1.54) is 0 Å². The molecule has 4 rings (SSSR count). The van der Waals surface area contributed by atoms with E-state index in [-0.39, 0.29) is 23.8 Å². The first-order valence-electron chi connectivity index (χ1n) is 13.1. The molecule has 2 aromatic carbocycles. The van der Waals surface area contributed by atoms with Crippen LogP contribution >= 0.6 is 27.3 Å². The predicted octanol–water partition coefficient (Wildman–Crippen LogP) is 5.89. The number of carbonyl (C=O) groups excluding carboxylic acids is 3. The van der Waals surface area contributed by atoms with Gasteiger partial charge in [0.15, 0.2) is 0 Å². The fourth-order valence-electron chi connectivity index (χ4n) is 4.86. The van der Waals surface area contributed by atoms with Crippen LogP contribution in [0.25, 0.3) is 10.4 Å². The van der Waals surface area contributed by atoms with E-state index in [2.05, 4.69) is 31.5 Å². The van der Waals surface area contributed by atoms with Gasteiger partial charge in [-0.15, -0.1) is 11.3 Å². The monoisotopic (exact) mass is 610 g/mol. The summed E-state index contributed by atoms with van der Waals surface area (Å²) in [6.07, 6.45) is 1.32. The number of carbonyl (C=O) groups is 3. The number of nitrogens with zero attached hydrogens (tertiary/aromatic N) is 2. The molecule has 3 aromatic rings. The molecule has 2 heterocycles. The molecule has 1 saturated heterocycles. The molecule has 9 heteroatoms. The molecule has 0 bridgehead atoms. The quantitative estimate of drug-likeness (QED) is 0.349. The third kappa shape index (κ3) is 6.76. The van der Waals surface area contributed by atoms with Gasteiger partial charge >= 0.3 is 0 Å². The average Bonchev–Trinajstić information content (AvgIpc) is 3.55. The lowest BCUT2D eigenvalue weighted by Gasteiger charge is -2.35. The lowest BCUT2D eigenvalue weighted by atomic mass is 9.85. The van der Waals surface area contributed by atoms with E-state index in [1.807, 2.05) is 70.5 Å². The number of hydrogen-bond donors (Lipinski definition) is 2. The van der Waals surface area contributed by atoms with Crippen LogP contribution in [0.3, 0.4) is 0 Å². The highest BCUT2D eigenvalue weighted by Crippen LogP contribution is 2.29. The van der Waals surface area contributed by atoms with E-state index >= 15 is 0 Å². The minimum Gasteiger partial charge on any atom is -0.348 e. The van der Waals surface area contributed by atoms with Crippen molar-refractivity contribution >= 4 is 45.0 Å². The summed E-state index contributed by atoms with van der Waals surface area (Å²) < 4.78 is 0.785. The van der Waals surface area contributed by atoms with Crippen LogP contribution in [0.4, 0.5) is 0 Å². The minimum absolute atomic E-state index is 0.179. The Kier molecular flexibility index (Phi) is 8.91. The Labute approximate surface area is 242 Å². The van der Waals surface area contributed by atoms with Crippen molar-refractivity contribution in [3.8, 4) is 10.4 Å². The van der Waals surface area contributed by atoms with Gasteiger partial charge in [0.2, 0.25) is 11.8 Å². The highest BCUT2D eigenvalue weighted by molar-refractivity contribution is 9.10. The molecule has 0 saturated carbocycles. The summed E-state index contributed by atoms with van der Waals surface area (Å²) in [4.78, 5) is 47.3. The van der Waals surface area contributed by atoms with Crippen molar-refractivity contribution in [1.82, 2.24) is 20.5 Å². The SMILES string of the molecule is Cc1ncsc1-c1ccc([C@H](C)NC(=O)[C@@H]2CCCN2C(=O)C(NC(=O)c2cccc(Br)c2)C(C)(C)C)cc1. The molecular formula is C30H35BrN4O3S. The Bertz CT molecular complexity index is 1350. The summed E-state index contributed by atoms with van der Waals surface area (Å²) in [7, 11) is 0. The molecule has 2 N–H and O–H groups in total. The lowest BCUT2D eigenvalue weighted by Crippen LogP contribution is -2.57. The van der Waals surface area contributed by atoms with Crippen LogP contribution in [0.1, 0.15) is 68.2 Å². The third-order valence-corrected chi connectivity index (χ3v) is 8.56. The van der Waals surface area contributed by atoms with Gasteiger partial charge in [0, 0.05) is 16.6 Å². The van der Waals surface area contributed by atoms with Crippen molar-refractivity contribution in [2.75, 3.05) is 6.54 Å². The molecule has 1 fully saturated rings. The van der Waals surface area contributed by atoms with E-state index in [9.17, 15) is 14.4 Å². The Morgan fingerprint density at radius 3 is 2.44 bits per heavy atom. The maximum Gasteiger partial charge on any atom is 0.251 e. The normalized spacial score (nSPS) is 17.0. The second-order valence-electron chi connectivity index (χ2n) is 11.1. The van der Waals surface area contributed by atoms with Gasteiger partial charge in [-0.05, 0) is 61.4 Å². The van der Waals surface area contributed by atoms with Gasteiger partial charge in [0.05, 0.1) is 22.1 Å². The van der Waals surface area contributed by atoms with Gasteiger partial charge in [0.25, 0.3) is 5.91 Å². The maximum atomic E-state index is 13.8. The van der Waals surface area contributed by atoms with Crippen molar-refractivity contribution in [3.63, 3.8) is 0 Å². The zero-order chi connectivity index (χ0) is 28.3. The van der Waals surface area contributed by atoms with Crippen LogP contribution in [0, 0.1) is 12.3 Å². The smallest absolute Gasteiger partial charge is 0.251 e. The molecule has 3 atom stereocenters.